The molecular weight excluding hydrogens is 384 g/mol. The van der Waals surface area contributed by atoms with Crippen LogP contribution in [0.2, 0.25) is 5.02 Å². The van der Waals surface area contributed by atoms with Crippen LogP contribution in [0.3, 0.4) is 0 Å². The van der Waals surface area contributed by atoms with Gasteiger partial charge in [0.25, 0.3) is 5.91 Å². The Balaban J connectivity index is 1.54. The van der Waals surface area contributed by atoms with Gasteiger partial charge < -0.3 is 19.5 Å². The molecule has 0 spiro atoms. The van der Waals surface area contributed by atoms with Crippen LogP contribution in [0.5, 0.6) is 11.5 Å². The van der Waals surface area contributed by atoms with Gasteiger partial charge in [-0.25, -0.2) is 4.79 Å². The van der Waals surface area contributed by atoms with Gasteiger partial charge >= 0.3 is 5.97 Å². The van der Waals surface area contributed by atoms with E-state index in [0.29, 0.717) is 22.1 Å². The maximum atomic E-state index is 12.1. The first-order chi connectivity index (χ1) is 13.6. The molecule has 1 N–H and O–H groups in total. The van der Waals surface area contributed by atoms with Crippen LogP contribution >= 0.6 is 11.6 Å². The minimum atomic E-state index is -0.895. The van der Waals surface area contributed by atoms with Crippen molar-refractivity contribution in [1.29, 1.82) is 5.26 Å². The maximum absolute atomic E-state index is 12.1. The van der Waals surface area contributed by atoms with E-state index in [4.69, 9.17) is 25.8 Å². The monoisotopic (exact) mass is 398 g/mol. The first-order valence-electron chi connectivity index (χ1n) is 8.25. The van der Waals surface area contributed by atoms with Crippen molar-refractivity contribution in [1.82, 2.24) is 5.32 Å². The number of nitrogens with one attached hydrogen (secondary N) is 1. The zero-order chi connectivity index (χ0) is 19.9. The highest BCUT2D eigenvalue weighted by Gasteiger charge is 2.16. The number of esters is 1. The highest BCUT2D eigenvalue weighted by Crippen LogP contribution is 2.33. The average molecular weight is 399 g/mol. The van der Waals surface area contributed by atoms with E-state index in [0.717, 1.165) is 5.56 Å². The number of hydrogen-bond donors (Lipinski definition) is 1. The smallest absolute Gasteiger partial charge is 0.349 e. The van der Waals surface area contributed by atoms with Gasteiger partial charge in [-0.2, -0.15) is 5.26 Å². The number of hydrogen-bond acceptors (Lipinski definition) is 6. The Hall–Kier alpha value is -3.50. The topological polar surface area (TPSA) is 97.7 Å². The number of carbonyl (C=O) groups is 2. The Morgan fingerprint density at radius 2 is 2.00 bits per heavy atom. The second kappa shape index (κ2) is 8.93. The third-order valence-corrected chi connectivity index (χ3v) is 4.18. The van der Waals surface area contributed by atoms with Crippen LogP contribution in [0, 0.1) is 11.3 Å². The lowest BCUT2D eigenvalue weighted by molar-refractivity contribution is -0.144. The van der Waals surface area contributed by atoms with Gasteiger partial charge in [-0.3, -0.25) is 4.79 Å². The van der Waals surface area contributed by atoms with Crippen molar-refractivity contribution in [2.45, 2.75) is 6.54 Å². The molecule has 0 aliphatic carbocycles. The second-order valence-corrected chi connectivity index (χ2v) is 6.13. The molecule has 7 nitrogen and oxygen atoms in total. The minimum absolute atomic E-state index is 0.124. The third-order valence-electron chi connectivity index (χ3n) is 3.82. The minimum Gasteiger partial charge on any atom is -0.454 e. The lowest BCUT2D eigenvalue weighted by atomic mass is 10.1. The lowest BCUT2D eigenvalue weighted by Crippen LogP contribution is -2.28. The van der Waals surface area contributed by atoms with Crippen molar-refractivity contribution in [3.05, 3.63) is 64.2 Å². The molecule has 2 aromatic carbocycles. The van der Waals surface area contributed by atoms with Gasteiger partial charge in [0.2, 0.25) is 6.79 Å². The summed E-state index contributed by atoms with van der Waals surface area (Å²) in [7, 11) is 0. The molecule has 0 saturated carbocycles. The van der Waals surface area contributed by atoms with Crippen LogP contribution in [-0.2, 0) is 20.9 Å². The predicted molar refractivity (Wildman–Crippen MR) is 100 cm³/mol. The highest BCUT2D eigenvalue weighted by atomic mass is 35.5. The largest absolute Gasteiger partial charge is 0.454 e. The number of nitrogens with zero attached hydrogens (tertiary/aromatic N) is 1. The van der Waals surface area contributed by atoms with E-state index < -0.39 is 18.5 Å². The van der Waals surface area contributed by atoms with Crippen molar-refractivity contribution in [2.24, 2.45) is 0 Å². The fraction of sp³-hybridized carbons (Fsp3) is 0.150. The molecule has 3 rings (SSSR count). The molecule has 0 aromatic heterocycles. The van der Waals surface area contributed by atoms with Crippen LogP contribution < -0.4 is 14.8 Å². The number of halogens is 1. The number of rotatable bonds is 6. The standard InChI is InChI=1S/C20H15ClN2O5/c21-16-4-2-1-3-14(16)10-23-19(24)11-26-20(25)15(9-22)7-13-5-6-17-18(8-13)28-12-27-17/h1-8H,10-12H2,(H,23,24). The van der Waals surface area contributed by atoms with Gasteiger partial charge in [0.15, 0.2) is 18.1 Å². The van der Waals surface area contributed by atoms with E-state index >= 15 is 0 Å². The zero-order valence-corrected chi connectivity index (χ0v) is 15.4. The number of carbonyl (C=O) groups excluding carboxylic acids is 2. The van der Waals surface area contributed by atoms with Crippen LogP contribution in [-0.4, -0.2) is 25.3 Å². The molecule has 1 amide bonds. The summed E-state index contributed by atoms with van der Waals surface area (Å²) in [6.45, 7) is -0.184. The molecule has 0 fully saturated rings. The summed E-state index contributed by atoms with van der Waals surface area (Å²) >= 11 is 6.01. The van der Waals surface area contributed by atoms with Crippen LogP contribution in [0.1, 0.15) is 11.1 Å². The fourth-order valence-corrected chi connectivity index (χ4v) is 2.60. The van der Waals surface area contributed by atoms with Gasteiger partial charge in [-0.15, -0.1) is 0 Å². The maximum Gasteiger partial charge on any atom is 0.349 e. The summed E-state index contributed by atoms with van der Waals surface area (Å²) in [5.41, 5.74) is 1.07. The Bertz CT molecular complexity index is 981. The van der Waals surface area contributed by atoms with Gasteiger partial charge in [0, 0.05) is 11.6 Å². The molecular formula is C20H15ClN2O5. The third kappa shape index (κ3) is 4.81. The number of ether oxygens (including phenoxy) is 3. The zero-order valence-electron chi connectivity index (χ0n) is 14.6. The van der Waals surface area contributed by atoms with E-state index in [-0.39, 0.29) is 18.9 Å². The molecule has 0 saturated heterocycles. The summed E-state index contributed by atoms with van der Waals surface area (Å²) in [4.78, 5) is 23.9. The van der Waals surface area contributed by atoms with E-state index in [2.05, 4.69) is 5.32 Å². The van der Waals surface area contributed by atoms with Gasteiger partial charge in [-0.05, 0) is 35.4 Å². The normalized spacial score (nSPS) is 12.2. The Morgan fingerprint density at radius 1 is 1.21 bits per heavy atom. The van der Waals surface area contributed by atoms with Gasteiger partial charge in [0.05, 0.1) is 0 Å². The lowest BCUT2D eigenvalue weighted by Gasteiger charge is -2.07. The van der Waals surface area contributed by atoms with Crippen molar-refractivity contribution < 1.29 is 23.8 Å². The van der Waals surface area contributed by atoms with Gasteiger partial charge in [-0.1, -0.05) is 35.9 Å². The SMILES string of the molecule is N#CC(=Cc1ccc2c(c1)OCO2)C(=O)OCC(=O)NCc1ccccc1Cl. The molecule has 2 aromatic rings. The van der Waals surface area contributed by atoms with Crippen molar-refractivity contribution in [2.75, 3.05) is 13.4 Å². The molecule has 142 valence electrons. The number of benzene rings is 2. The Labute approximate surface area is 166 Å². The Morgan fingerprint density at radius 3 is 2.79 bits per heavy atom. The Kier molecular flexibility index (Phi) is 6.14. The van der Waals surface area contributed by atoms with Crippen molar-refractivity contribution in [3.63, 3.8) is 0 Å². The predicted octanol–water partition coefficient (Wildman–Crippen LogP) is 2.84. The summed E-state index contributed by atoms with van der Waals surface area (Å²) in [6.07, 6.45) is 1.35. The number of fused-ring (bicyclic) bond motifs is 1. The van der Waals surface area contributed by atoms with Crippen LogP contribution in [0.4, 0.5) is 0 Å². The summed E-state index contributed by atoms with van der Waals surface area (Å²) in [5.74, 6) is -0.284. The second-order valence-electron chi connectivity index (χ2n) is 5.73. The molecule has 1 aliphatic rings. The summed E-state index contributed by atoms with van der Waals surface area (Å²) in [5, 5.41) is 12.3. The molecule has 28 heavy (non-hydrogen) atoms. The fourth-order valence-electron chi connectivity index (χ4n) is 2.40. The van der Waals surface area contributed by atoms with Crippen molar-refractivity contribution in [3.8, 4) is 17.6 Å². The molecule has 0 atom stereocenters. The molecule has 1 heterocycles. The quantitative estimate of drug-likeness (QED) is 0.456. The highest BCUT2D eigenvalue weighted by molar-refractivity contribution is 6.31. The van der Waals surface area contributed by atoms with E-state index in [1.54, 1.807) is 48.5 Å². The molecule has 0 radical (unpaired) electrons. The molecule has 0 bridgehead atoms. The first-order valence-corrected chi connectivity index (χ1v) is 8.63. The van der Waals surface area contributed by atoms with Crippen LogP contribution in [0.25, 0.3) is 6.08 Å². The first kappa shape index (κ1) is 19.3. The number of nitriles is 1. The van der Waals surface area contributed by atoms with E-state index in [1.807, 2.05) is 0 Å². The average Bonchev–Trinajstić information content (AvgIpc) is 3.17. The molecule has 0 unspecified atom stereocenters. The molecule has 1 aliphatic heterocycles. The van der Waals surface area contributed by atoms with Gasteiger partial charge in [0.1, 0.15) is 11.6 Å². The van der Waals surface area contributed by atoms with E-state index in [1.165, 1.54) is 6.08 Å². The van der Waals surface area contributed by atoms with Crippen LogP contribution in [0.15, 0.2) is 48.0 Å². The summed E-state index contributed by atoms with van der Waals surface area (Å²) in [6, 6.07) is 13.8. The van der Waals surface area contributed by atoms with Crippen molar-refractivity contribution >= 4 is 29.6 Å². The molecule has 8 heteroatoms. The van der Waals surface area contributed by atoms with E-state index in [9.17, 15) is 14.9 Å². The summed E-state index contributed by atoms with van der Waals surface area (Å²) < 4.78 is 15.4. The number of amides is 1.